The van der Waals surface area contributed by atoms with Gasteiger partial charge in [-0.15, -0.1) is 0 Å². The number of ether oxygens (including phenoxy) is 1. The molecule has 1 aliphatic carbocycles. The summed E-state index contributed by atoms with van der Waals surface area (Å²) < 4.78 is 35.3. The van der Waals surface area contributed by atoms with Crippen LogP contribution in [-0.4, -0.2) is 21.2 Å². The van der Waals surface area contributed by atoms with E-state index in [-0.39, 0.29) is 17.2 Å². The summed E-state index contributed by atoms with van der Waals surface area (Å²) in [7, 11) is -2.54. The quantitative estimate of drug-likeness (QED) is 0.188. The van der Waals surface area contributed by atoms with Gasteiger partial charge in [0.1, 0.15) is 10.7 Å². The van der Waals surface area contributed by atoms with Crippen LogP contribution in [0.2, 0.25) is 0 Å². The van der Waals surface area contributed by atoms with Gasteiger partial charge in [0.25, 0.3) is 0 Å². The Bertz CT molecular complexity index is 973. The first-order valence-corrected chi connectivity index (χ1v) is 13.8. The predicted molar refractivity (Wildman–Crippen MR) is 136 cm³/mol. The molecule has 0 radical (unpaired) electrons. The van der Waals surface area contributed by atoms with Crippen LogP contribution in [0, 0.1) is 17.2 Å². The van der Waals surface area contributed by atoms with E-state index in [1.54, 1.807) is 30.4 Å². The third kappa shape index (κ3) is 9.72. The summed E-state index contributed by atoms with van der Waals surface area (Å²) in [5, 5.41) is 12.8. The van der Waals surface area contributed by atoms with Crippen LogP contribution in [0.4, 0.5) is 0 Å². The standard InChI is InChI=1S/C27H38N2O4S/c1-3-4-5-6-7-8-9-10-11-12-13-23-14-18-26(19-15-23)34(30,31)33-29-27-22-25(32-2)17-16-24(27)20-21-28/h14-19,22,24H,3-13,20H2,1-2H3. The summed E-state index contributed by atoms with van der Waals surface area (Å²) >= 11 is 0. The fourth-order valence-corrected chi connectivity index (χ4v) is 4.62. The minimum atomic E-state index is -4.05. The number of methoxy groups -OCH3 is 1. The van der Waals surface area contributed by atoms with Crippen LogP contribution in [-0.2, 0) is 25.6 Å². The van der Waals surface area contributed by atoms with E-state index >= 15 is 0 Å². The summed E-state index contributed by atoms with van der Waals surface area (Å²) in [5.41, 5.74) is 1.45. The van der Waals surface area contributed by atoms with Crippen LogP contribution >= 0.6 is 0 Å². The second-order valence-electron chi connectivity index (χ2n) is 8.70. The number of unbranched alkanes of at least 4 members (excludes halogenated alkanes) is 9. The first-order chi connectivity index (χ1) is 16.5. The summed E-state index contributed by atoms with van der Waals surface area (Å²) in [6.45, 7) is 2.24. The molecule has 0 spiro atoms. The van der Waals surface area contributed by atoms with Crippen molar-refractivity contribution in [1.82, 2.24) is 0 Å². The van der Waals surface area contributed by atoms with Crippen LogP contribution in [0.15, 0.2) is 58.3 Å². The van der Waals surface area contributed by atoms with Crippen molar-refractivity contribution in [3.05, 3.63) is 53.8 Å². The largest absolute Gasteiger partial charge is 0.497 e. The van der Waals surface area contributed by atoms with Crippen LogP contribution in [0.1, 0.15) is 83.1 Å². The Balaban J connectivity index is 1.80. The van der Waals surface area contributed by atoms with Crippen molar-refractivity contribution in [2.24, 2.45) is 11.1 Å². The maximum absolute atomic E-state index is 12.6. The number of nitrogens with zero attached hydrogens (tertiary/aromatic N) is 2. The number of hydrogen-bond acceptors (Lipinski definition) is 6. The van der Waals surface area contributed by atoms with Crippen molar-refractivity contribution in [3.8, 4) is 6.07 Å². The molecule has 0 heterocycles. The Morgan fingerprint density at radius 3 is 2.18 bits per heavy atom. The van der Waals surface area contributed by atoms with E-state index in [9.17, 15) is 8.42 Å². The fourth-order valence-electron chi connectivity index (χ4n) is 3.88. The maximum atomic E-state index is 12.6. The van der Waals surface area contributed by atoms with Gasteiger partial charge in [-0.1, -0.05) is 88.1 Å². The molecular formula is C27H38N2O4S. The summed E-state index contributed by atoms with van der Waals surface area (Å²) in [5.74, 6) is 0.174. The topological polar surface area (TPSA) is 88.8 Å². The Kier molecular flexibility index (Phi) is 12.5. The molecule has 186 valence electrons. The van der Waals surface area contributed by atoms with Gasteiger partial charge in [-0.05, 0) is 36.6 Å². The molecular weight excluding hydrogens is 448 g/mol. The van der Waals surface area contributed by atoms with Gasteiger partial charge < -0.3 is 4.74 Å². The van der Waals surface area contributed by atoms with Crippen molar-refractivity contribution in [2.75, 3.05) is 7.11 Å². The van der Waals surface area contributed by atoms with E-state index in [1.807, 2.05) is 12.1 Å². The Hall–Kier alpha value is -2.59. The first-order valence-electron chi connectivity index (χ1n) is 12.4. The van der Waals surface area contributed by atoms with Gasteiger partial charge in [-0.3, -0.25) is 4.28 Å². The maximum Gasteiger partial charge on any atom is 0.358 e. The third-order valence-electron chi connectivity index (χ3n) is 5.98. The van der Waals surface area contributed by atoms with Crippen molar-refractivity contribution < 1.29 is 17.4 Å². The Morgan fingerprint density at radius 2 is 1.59 bits per heavy atom. The number of hydrogen-bond donors (Lipinski definition) is 0. The smallest absolute Gasteiger partial charge is 0.358 e. The number of nitriles is 1. The summed E-state index contributed by atoms with van der Waals surface area (Å²) in [6, 6.07) is 8.86. The highest BCUT2D eigenvalue weighted by atomic mass is 32.2. The highest BCUT2D eigenvalue weighted by molar-refractivity contribution is 7.86. The van der Waals surface area contributed by atoms with E-state index in [0.717, 1.165) is 18.4 Å². The van der Waals surface area contributed by atoms with E-state index in [2.05, 4.69) is 18.1 Å². The van der Waals surface area contributed by atoms with Gasteiger partial charge >= 0.3 is 10.1 Å². The van der Waals surface area contributed by atoms with Crippen LogP contribution < -0.4 is 0 Å². The molecule has 0 saturated heterocycles. The highest BCUT2D eigenvalue weighted by Gasteiger charge is 2.20. The van der Waals surface area contributed by atoms with Crippen molar-refractivity contribution in [1.29, 1.82) is 5.26 Å². The molecule has 7 heteroatoms. The number of allylic oxidation sites excluding steroid dienone is 3. The van der Waals surface area contributed by atoms with Crippen LogP contribution in [0.3, 0.4) is 0 Å². The summed E-state index contributed by atoms with van der Waals surface area (Å²) in [6.07, 6.45) is 19.1. The Labute approximate surface area is 205 Å². The monoisotopic (exact) mass is 486 g/mol. The van der Waals surface area contributed by atoms with Gasteiger partial charge in [-0.25, -0.2) is 0 Å². The van der Waals surface area contributed by atoms with Crippen molar-refractivity contribution in [3.63, 3.8) is 0 Å². The average Bonchev–Trinajstić information content (AvgIpc) is 2.85. The molecule has 0 aliphatic heterocycles. The van der Waals surface area contributed by atoms with E-state index < -0.39 is 10.1 Å². The first kappa shape index (κ1) is 27.7. The Morgan fingerprint density at radius 1 is 0.971 bits per heavy atom. The zero-order valence-corrected chi connectivity index (χ0v) is 21.4. The van der Waals surface area contributed by atoms with Gasteiger partial charge in [-0.2, -0.15) is 13.7 Å². The molecule has 1 aromatic rings. The number of benzene rings is 1. The van der Waals surface area contributed by atoms with Crippen molar-refractivity contribution in [2.45, 2.75) is 88.9 Å². The molecule has 1 unspecified atom stereocenters. The molecule has 2 rings (SSSR count). The molecule has 0 aromatic heterocycles. The predicted octanol–water partition coefficient (Wildman–Crippen LogP) is 6.84. The van der Waals surface area contributed by atoms with Gasteiger partial charge in [0.05, 0.1) is 18.9 Å². The summed E-state index contributed by atoms with van der Waals surface area (Å²) in [4.78, 5) is 0.0582. The van der Waals surface area contributed by atoms with Gasteiger partial charge in [0, 0.05) is 18.4 Å². The molecule has 0 amide bonds. The van der Waals surface area contributed by atoms with E-state index in [4.69, 9.17) is 14.3 Å². The molecule has 1 atom stereocenters. The normalized spacial score (nSPS) is 16.8. The third-order valence-corrected chi connectivity index (χ3v) is 7.10. The van der Waals surface area contributed by atoms with Crippen LogP contribution in [0.25, 0.3) is 0 Å². The highest BCUT2D eigenvalue weighted by Crippen LogP contribution is 2.21. The lowest BCUT2D eigenvalue weighted by molar-refractivity contribution is 0.304. The second kappa shape index (κ2) is 15.3. The number of aryl methyl sites for hydroxylation is 1. The fraction of sp³-hybridized carbons (Fsp3) is 0.556. The van der Waals surface area contributed by atoms with Gasteiger partial charge in [0.15, 0.2) is 0 Å². The number of rotatable bonds is 16. The lowest BCUT2D eigenvalue weighted by Crippen LogP contribution is -2.15. The van der Waals surface area contributed by atoms with Gasteiger partial charge in [0.2, 0.25) is 0 Å². The SMILES string of the molecule is CCCCCCCCCCCCc1ccc(S(=O)(=O)ON=C2C=C(OC)C=CC2CC#N)cc1. The molecule has 0 N–H and O–H groups in total. The average molecular weight is 487 g/mol. The lowest BCUT2D eigenvalue weighted by atomic mass is 9.95. The minimum absolute atomic E-state index is 0.0582. The van der Waals surface area contributed by atoms with E-state index in [0.29, 0.717) is 11.5 Å². The van der Waals surface area contributed by atoms with Crippen LogP contribution in [0.5, 0.6) is 0 Å². The minimum Gasteiger partial charge on any atom is -0.497 e. The molecule has 1 aromatic carbocycles. The lowest BCUT2D eigenvalue weighted by Gasteiger charge is -2.14. The molecule has 0 bridgehead atoms. The molecule has 34 heavy (non-hydrogen) atoms. The van der Waals surface area contributed by atoms with Crippen molar-refractivity contribution >= 4 is 15.8 Å². The molecule has 0 fully saturated rings. The molecule has 1 aliphatic rings. The second-order valence-corrected chi connectivity index (χ2v) is 10.2. The number of oxime groups is 1. The zero-order chi connectivity index (χ0) is 24.7. The molecule has 0 saturated carbocycles. The van der Waals surface area contributed by atoms with E-state index in [1.165, 1.54) is 64.9 Å². The zero-order valence-electron chi connectivity index (χ0n) is 20.5. The molecule has 6 nitrogen and oxygen atoms in total.